The smallest absolute Gasteiger partial charge is 0.140 e. The fourth-order valence-electron chi connectivity index (χ4n) is 3.42. The molecule has 5 nitrogen and oxygen atoms in total. The van der Waals surface area contributed by atoms with Gasteiger partial charge in [0.05, 0.1) is 29.7 Å². The van der Waals surface area contributed by atoms with Crippen LogP contribution < -0.4 is 10.1 Å². The average molecular weight is 354 g/mol. The second-order valence-corrected chi connectivity index (χ2v) is 7.01. The third-order valence-corrected chi connectivity index (χ3v) is 4.63. The molecule has 3 aromatic rings. The van der Waals surface area contributed by atoms with E-state index in [1.54, 1.807) is 6.20 Å². The first-order valence-electron chi connectivity index (χ1n) is 9.12. The van der Waals surface area contributed by atoms with Crippen LogP contribution >= 0.6 is 0 Å². The van der Waals surface area contributed by atoms with Gasteiger partial charge in [-0.1, -0.05) is 6.07 Å². The van der Waals surface area contributed by atoms with Crippen molar-refractivity contribution in [3.63, 3.8) is 0 Å². The van der Waals surface area contributed by atoms with Crippen LogP contribution in [-0.4, -0.2) is 32.7 Å². The van der Waals surface area contributed by atoms with Crippen LogP contribution in [0.15, 0.2) is 42.7 Å². The molecule has 0 bridgehead atoms. The number of nitrogens with zero attached hydrogens (tertiary/aromatic N) is 3. The van der Waals surface area contributed by atoms with Crippen LogP contribution in [0.1, 0.15) is 33.1 Å². The van der Waals surface area contributed by atoms with E-state index < -0.39 is 6.17 Å². The number of halogens is 1. The summed E-state index contributed by atoms with van der Waals surface area (Å²) in [4.78, 5) is 9.13. The first-order chi connectivity index (χ1) is 12.6. The number of ether oxygens (including phenoxy) is 1. The highest BCUT2D eigenvalue weighted by Crippen LogP contribution is 2.27. The fourth-order valence-corrected chi connectivity index (χ4v) is 3.42. The lowest BCUT2D eigenvalue weighted by atomic mass is 10.2. The Morgan fingerprint density at radius 1 is 1.27 bits per heavy atom. The molecular formula is C20H23FN4O. The molecule has 3 aromatic heterocycles. The van der Waals surface area contributed by atoms with Gasteiger partial charge in [-0.15, -0.1) is 0 Å². The molecular weight excluding hydrogens is 331 g/mol. The van der Waals surface area contributed by atoms with Gasteiger partial charge in [0.25, 0.3) is 0 Å². The van der Waals surface area contributed by atoms with Crippen molar-refractivity contribution >= 4 is 11.5 Å². The third kappa shape index (κ3) is 3.36. The Hall–Kier alpha value is -2.63. The maximum atomic E-state index is 13.9. The zero-order valence-electron chi connectivity index (χ0n) is 15.0. The van der Waals surface area contributed by atoms with E-state index in [0.29, 0.717) is 12.2 Å². The highest BCUT2D eigenvalue weighted by molar-refractivity contribution is 5.62. The molecule has 6 heteroatoms. The van der Waals surface area contributed by atoms with Crippen molar-refractivity contribution in [1.82, 2.24) is 14.4 Å². The van der Waals surface area contributed by atoms with Crippen molar-refractivity contribution in [2.45, 2.75) is 51.4 Å². The lowest BCUT2D eigenvalue weighted by molar-refractivity contribution is 0.242. The summed E-state index contributed by atoms with van der Waals surface area (Å²) in [5.41, 5.74) is 2.49. The highest BCUT2D eigenvalue weighted by Gasteiger charge is 2.27. The summed E-state index contributed by atoms with van der Waals surface area (Å²) in [7, 11) is 0. The third-order valence-electron chi connectivity index (χ3n) is 4.63. The van der Waals surface area contributed by atoms with Gasteiger partial charge in [0.15, 0.2) is 0 Å². The minimum Gasteiger partial charge on any atom is -0.491 e. The Balaban J connectivity index is 1.62. The highest BCUT2D eigenvalue weighted by atomic mass is 19.1. The van der Waals surface area contributed by atoms with E-state index in [2.05, 4.69) is 15.3 Å². The van der Waals surface area contributed by atoms with E-state index in [9.17, 15) is 4.39 Å². The van der Waals surface area contributed by atoms with Gasteiger partial charge < -0.3 is 10.1 Å². The van der Waals surface area contributed by atoms with Crippen molar-refractivity contribution < 1.29 is 9.13 Å². The van der Waals surface area contributed by atoms with E-state index in [1.165, 1.54) is 0 Å². The Morgan fingerprint density at radius 3 is 2.92 bits per heavy atom. The number of fused-ring (bicyclic) bond motifs is 1. The van der Waals surface area contributed by atoms with Crippen LogP contribution in [0.25, 0.3) is 17.0 Å². The Morgan fingerprint density at radius 2 is 2.15 bits per heavy atom. The lowest BCUT2D eigenvalue weighted by Gasteiger charge is -2.16. The van der Waals surface area contributed by atoms with Crippen LogP contribution in [0.5, 0.6) is 5.75 Å². The molecule has 0 amide bonds. The number of nitrogens with one attached hydrogen (secondary N) is 1. The number of aromatic nitrogens is 3. The van der Waals surface area contributed by atoms with E-state index >= 15 is 0 Å². The zero-order valence-corrected chi connectivity index (χ0v) is 15.0. The van der Waals surface area contributed by atoms with Gasteiger partial charge in [0.2, 0.25) is 0 Å². The number of anilines is 1. The second kappa shape index (κ2) is 6.94. The van der Waals surface area contributed by atoms with E-state index in [0.717, 1.165) is 35.6 Å². The summed E-state index contributed by atoms with van der Waals surface area (Å²) in [5, 5.41) is 3.24. The van der Waals surface area contributed by atoms with Gasteiger partial charge in [0.1, 0.15) is 23.4 Å². The number of imidazole rings is 1. The molecule has 0 aliphatic heterocycles. The van der Waals surface area contributed by atoms with Gasteiger partial charge >= 0.3 is 0 Å². The molecule has 1 saturated carbocycles. The van der Waals surface area contributed by atoms with Crippen molar-refractivity contribution in [3.05, 3.63) is 42.7 Å². The number of hydrogen-bond donors (Lipinski definition) is 1. The number of hydrogen-bond acceptors (Lipinski definition) is 4. The second-order valence-electron chi connectivity index (χ2n) is 7.01. The van der Waals surface area contributed by atoms with Crippen LogP contribution in [-0.2, 0) is 0 Å². The Kier molecular flexibility index (Phi) is 4.49. The standard InChI is InChI=1S/C20H23FN4O/c1-13(2)26-14-9-10-25-18(12-22-20(25)11-14)17-7-4-8-19(24-17)23-16-6-3-5-15(16)21/h4,7-13,15-16H,3,5-6H2,1-2H3,(H,23,24)/t15-,16-/m0/s1. The average Bonchev–Trinajstić information content (AvgIpc) is 3.21. The van der Waals surface area contributed by atoms with E-state index in [1.807, 2.05) is 54.8 Å². The van der Waals surface area contributed by atoms with Crippen LogP contribution in [0.2, 0.25) is 0 Å². The van der Waals surface area contributed by atoms with Crippen molar-refractivity contribution in [2.24, 2.45) is 0 Å². The number of alkyl halides is 1. The normalized spacial score (nSPS) is 20.0. The number of rotatable bonds is 5. The molecule has 4 rings (SSSR count). The van der Waals surface area contributed by atoms with Crippen molar-refractivity contribution in [3.8, 4) is 17.1 Å². The monoisotopic (exact) mass is 354 g/mol. The largest absolute Gasteiger partial charge is 0.491 e. The maximum Gasteiger partial charge on any atom is 0.140 e. The molecule has 2 atom stereocenters. The minimum absolute atomic E-state index is 0.117. The Labute approximate surface area is 152 Å². The van der Waals surface area contributed by atoms with Crippen LogP contribution in [0.3, 0.4) is 0 Å². The first kappa shape index (κ1) is 16.8. The van der Waals surface area contributed by atoms with Gasteiger partial charge in [0, 0.05) is 12.3 Å². The summed E-state index contributed by atoms with van der Waals surface area (Å²) in [6.07, 6.45) is 5.46. The van der Waals surface area contributed by atoms with Gasteiger partial charge in [-0.05, 0) is 51.3 Å². The van der Waals surface area contributed by atoms with Gasteiger partial charge in [-0.2, -0.15) is 0 Å². The summed E-state index contributed by atoms with van der Waals surface area (Å²) in [6, 6.07) is 9.45. The fraction of sp³-hybridized carbons (Fsp3) is 0.400. The van der Waals surface area contributed by atoms with Crippen molar-refractivity contribution in [1.29, 1.82) is 0 Å². The first-order valence-corrected chi connectivity index (χ1v) is 9.12. The van der Waals surface area contributed by atoms with Crippen LogP contribution in [0, 0.1) is 0 Å². The molecule has 0 unspecified atom stereocenters. The molecule has 3 heterocycles. The quantitative estimate of drug-likeness (QED) is 0.734. The zero-order chi connectivity index (χ0) is 18.1. The molecule has 1 N–H and O–H groups in total. The number of pyridine rings is 2. The molecule has 0 saturated heterocycles. The van der Waals surface area contributed by atoms with Gasteiger partial charge in [-0.25, -0.2) is 14.4 Å². The van der Waals surface area contributed by atoms with E-state index in [4.69, 9.17) is 4.74 Å². The molecule has 26 heavy (non-hydrogen) atoms. The predicted molar refractivity (Wildman–Crippen MR) is 100 cm³/mol. The molecule has 136 valence electrons. The maximum absolute atomic E-state index is 13.9. The van der Waals surface area contributed by atoms with Gasteiger partial charge in [-0.3, -0.25) is 4.40 Å². The van der Waals surface area contributed by atoms with E-state index in [-0.39, 0.29) is 12.1 Å². The molecule has 1 fully saturated rings. The molecule has 0 radical (unpaired) electrons. The Bertz CT molecular complexity index is 908. The molecule has 1 aliphatic carbocycles. The predicted octanol–water partition coefficient (Wildman–Crippen LogP) is 4.49. The SMILES string of the molecule is CC(C)Oc1ccn2c(-c3cccc(N[C@H]4CCC[C@@H]4F)n3)cnc2c1. The molecule has 0 spiro atoms. The molecule has 0 aromatic carbocycles. The lowest BCUT2D eigenvalue weighted by Crippen LogP contribution is -2.25. The molecule has 1 aliphatic rings. The summed E-state index contributed by atoms with van der Waals surface area (Å²) < 4.78 is 21.6. The van der Waals surface area contributed by atoms with Crippen molar-refractivity contribution in [2.75, 3.05) is 5.32 Å². The summed E-state index contributed by atoms with van der Waals surface area (Å²) >= 11 is 0. The summed E-state index contributed by atoms with van der Waals surface area (Å²) in [5.74, 6) is 1.50. The van der Waals surface area contributed by atoms with Crippen LogP contribution in [0.4, 0.5) is 10.2 Å². The topological polar surface area (TPSA) is 51.5 Å². The summed E-state index contributed by atoms with van der Waals surface area (Å²) in [6.45, 7) is 3.99. The minimum atomic E-state index is -0.796.